The van der Waals surface area contributed by atoms with Crippen LogP contribution in [-0.2, 0) is 4.79 Å². The number of amides is 1. The van der Waals surface area contributed by atoms with Crippen LogP contribution >= 0.6 is 0 Å². The molecular formula is C14H25N3O. The summed E-state index contributed by atoms with van der Waals surface area (Å²) in [7, 11) is 0. The molecule has 1 saturated heterocycles. The zero-order valence-corrected chi connectivity index (χ0v) is 11.8. The lowest BCUT2D eigenvalue weighted by Crippen LogP contribution is -2.50. The molecule has 1 heterocycles. The van der Waals surface area contributed by atoms with E-state index >= 15 is 0 Å². The second-order valence-electron chi connectivity index (χ2n) is 5.31. The van der Waals surface area contributed by atoms with E-state index in [9.17, 15) is 4.79 Å². The molecule has 1 aliphatic heterocycles. The van der Waals surface area contributed by atoms with Gasteiger partial charge in [-0.2, -0.15) is 5.26 Å². The molecule has 0 bridgehead atoms. The first-order valence-corrected chi connectivity index (χ1v) is 7.02. The van der Waals surface area contributed by atoms with Crippen molar-refractivity contribution >= 4 is 5.91 Å². The SMILES string of the molecule is CCCC(C)NC(=O)C(C)N1CCC(C#N)CC1. The van der Waals surface area contributed by atoms with Gasteiger partial charge in [0.2, 0.25) is 5.91 Å². The van der Waals surface area contributed by atoms with Crippen LogP contribution in [0.5, 0.6) is 0 Å². The van der Waals surface area contributed by atoms with E-state index in [1.165, 1.54) is 0 Å². The monoisotopic (exact) mass is 251 g/mol. The predicted octanol–water partition coefficient (Wildman–Crippen LogP) is 1.92. The first-order chi connectivity index (χ1) is 8.58. The van der Waals surface area contributed by atoms with Gasteiger partial charge in [-0.05, 0) is 33.1 Å². The lowest BCUT2D eigenvalue weighted by molar-refractivity contribution is -0.127. The molecule has 0 aliphatic carbocycles. The van der Waals surface area contributed by atoms with Crippen molar-refractivity contribution in [2.45, 2.75) is 58.5 Å². The zero-order chi connectivity index (χ0) is 13.5. The molecule has 1 fully saturated rings. The maximum Gasteiger partial charge on any atom is 0.237 e. The largest absolute Gasteiger partial charge is 0.352 e. The van der Waals surface area contributed by atoms with Crippen molar-refractivity contribution in [3.63, 3.8) is 0 Å². The van der Waals surface area contributed by atoms with Crippen molar-refractivity contribution in [3.05, 3.63) is 0 Å². The summed E-state index contributed by atoms with van der Waals surface area (Å²) < 4.78 is 0. The fourth-order valence-corrected chi connectivity index (χ4v) is 2.45. The van der Waals surface area contributed by atoms with Gasteiger partial charge in [0.15, 0.2) is 0 Å². The Morgan fingerprint density at radius 2 is 2.06 bits per heavy atom. The molecule has 0 radical (unpaired) electrons. The summed E-state index contributed by atoms with van der Waals surface area (Å²) in [4.78, 5) is 14.2. The van der Waals surface area contributed by atoms with E-state index in [2.05, 4.69) is 30.1 Å². The quantitative estimate of drug-likeness (QED) is 0.812. The van der Waals surface area contributed by atoms with Crippen LogP contribution in [0.1, 0.15) is 46.5 Å². The first-order valence-electron chi connectivity index (χ1n) is 7.02. The second-order valence-corrected chi connectivity index (χ2v) is 5.31. The minimum atomic E-state index is -0.0797. The average Bonchev–Trinajstić information content (AvgIpc) is 2.38. The summed E-state index contributed by atoms with van der Waals surface area (Å²) in [5, 5.41) is 11.9. The van der Waals surface area contributed by atoms with Crippen molar-refractivity contribution < 1.29 is 4.79 Å². The van der Waals surface area contributed by atoms with Gasteiger partial charge in [0.05, 0.1) is 12.1 Å². The minimum absolute atomic E-state index is 0.0797. The molecule has 2 unspecified atom stereocenters. The normalized spacial score (nSPS) is 21.0. The second kappa shape index (κ2) is 7.38. The Labute approximate surface area is 110 Å². The average molecular weight is 251 g/mol. The molecule has 0 aromatic heterocycles. The molecule has 0 aromatic carbocycles. The number of piperidine rings is 1. The van der Waals surface area contributed by atoms with E-state index in [1.807, 2.05) is 6.92 Å². The Morgan fingerprint density at radius 1 is 1.44 bits per heavy atom. The molecule has 1 rings (SSSR count). The molecular weight excluding hydrogens is 226 g/mol. The van der Waals surface area contributed by atoms with Crippen LogP contribution in [0.4, 0.5) is 0 Å². The number of nitrogens with zero attached hydrogens (tertiary/aromatic N) is 2. The van der Waals surface area contributed by atoms with Crippen molar-refractivity contribution in [3.8, 4) is 6.07 Å². The van der Waals surface area contributed by atoms with Gasteiger partial charge >= 0.3 is 0 Å². The topological polar surface area (TPSA) is 56.1 Å². The third-order valence-electron chi connectivity index (χ3n) is 3.75. The number of nitriles is 1. The molecule has 18 heavy (non-hydrogen) atoms. The number of carbonyl (C=O) groups is 1. The summed E-state index contributed by atoms with van der Waals surface area (Å²) in [6.07, 6.45) is 3.88. The summed E-state index contributed by atoms with van der Waals surface area (Å²) in [6, 6.07) is 2.49. The number of carbonyl (C=O) groups excluding carboxylic acids is 1. The maximum atomic E-state index is 12.1. The van der Waals surface area contributed by atoms with Crippen LogP contribution in [0.15, 0.2) is 0 Å². The van der Waals surface area contributed by atoms with Crippen LogP contribution in [0.25, 0.3) is 0 Å². The Hall–Kier alpha value is -1.08. The van der Waals surface area contributed by atoms with Crippen LogP contribution in [0.2, 0.25) is 0 Å². The molecule has 1 aliphatic rings. The lowest BCUT2D eigenvalue weighted by Gasteiger charge is -2.33. The van der Waals surface area contributed by atoms with E-state index in [0.29, 0.717) is 0 Å². The number of nitrogens with one attached hydrogen (secondary N) is 1. The first kappa shape index (κ1) is 15.0. The third kappa shape index (κ3) is 4.30. The van der Waals surface area contributed by atoms with Gasteiger partial charge in [0.25, 0.3) is 0 Å². The number of hydrogen-bond acceptors (Lipinski definition) is 3. The molecule has 1 N–H and O–H groups in total. The summed E-state index contributed by atoms with van der Waals surface area (Å²) >= 11 is 0. The van der Waals surface area contributed by atoms with E-state index in [1.54, 1.807) is 0 Å². The van der Waals surface area contributed by atoms with Crippen LogP contribution in [0.3, 0.4) is 0 Å². The molecule has 4 heteroatoms. The summed E-state index contributed by atoms with van der Waals surface area (Å²) in [5.74, 6) is 0.293. The van der Waals surface area contributed by atoms with Gasteiger partial charge in [0.1, 0.15) is 0 Å². The van der Waals surface area contributed by atoms with Crippen molar-refractivity contribution in [2.24, 2.45) is 5.92 Å². The van der Waals surface area contributed by atoms with Crippen LogP contribution < -0.4 is 5.32 Å². The van der Waals surface area contributed by atoms with E-state index in [-0.39, 0.29) is 23.9 Å². The fraction of sp³-hybridized carbons (Fsp3) is 0.857. The van der Waals surface area contributed by atoms with Gasteiger partial charge in [-0.25, -0.2) is 0 Å². The molecule has 0 saturated carbocycles. The Balaban J connectivity index is 2.38. The van der Waals surface area contributed by atoms with Gasteiger partial charge in [0, 0.05) is 25.0 Å². The Kier molecular flexibility index (Phi) is 6.14. The van der Waals surface area contributed by atoms with Gasteiger partial charge in [-0.1, -0.05) is 13.3 Å². The molecule has 1 amide bonds. The highest BCUT2D eigenvalue weighted by molar-refractivity contribution is 5.81. The standard InChI is InChI=1S/C14H25N3O/c1-4-5-11(2)16-14(18)12(3)17-8-6-13(10-15)7-9-17/h11-13H,4-9H2,1-3H3,(H,16,18). The van der Waals surface area contributed by atoms with E-state index in [4.69, 9.17) is 5.26 Å². The highest BCUT2D eigenvalue weighted by Gasteiger charge is 2.26. The molecule has 2 atom stereocenters. The minimum Gasteiger partial charge on any atom is -0.352 e. The van der Waals surface area contributed by atoms with Crippen molar-refractivity contribution in [1.29, 1.82) is 5.26 Å². The van der Waals surface area contributed by atoms with Crippen molar-refractivity contribution in [2.75, 3.05) is 13.1 Å². The Bertz CT molecular complexity index is 303. The maximum absolute atomic E-state index is 12.1. The van der Waals surface area contributed by atoms with E-state index < -0.39 is 0 Å². The lowest BCUT2D eigenvalue weighted by atomic mass is 9.97. The number of likely N-dealkylation sites (tertiary alicyclic amines) is 1. The fourth-order valence-electron chi connectivity index (χ4n) is 2.45. The number of hydrogen-bond donors (Lipinski definition) is 1. The summed E-state index contributed by atoms with van der Waals surface area (Å²) in [6.45, 7) is 7.85. The highest BCUT2D eigenvalue weighted by Crippen LogP contribution is 2.18. The van der Waals surface area contributed by atoms with Crippen LogP contribution in [-0.4, -0.2) is 36.0 Å². The smallest absolute Gasteiger partial charge is 0.237 e. The highest BCUT2D eigenvalue weighted by atomic mass is 16.2. The molecule has 4 nitrogen and oxygen atoms in total. The Morgan fingerprint density at radius 3 is 2.56 bits per heavy atom. The molecule has 0 aromatic rings. The summed E-state index contributed by atoms with van der Waals surface area (Å²) in [5.41, 5.74) is 0. The zero-order valence-electron chi connectivity index (χ0n) is 11.8. The van der Waals surface area contributed by atoms with Gasteiger partial charge in [-0.3, -0.25) is 9.69 Å². The predicted molar refractivity (Wildman–Crippen MR) is 71.9 cm³/mol. The third-order valence-corrected chi connectivity index (χ3v) is 3.75. The van der Waals surface area contributed by atoms with Crippen molar-refractivity contribution in [1.82, 2.24) is 10.2 Å². The molecule has 0 spiro atoms. The van der Waals surface area contributed by atoms with Gasteiger partial charge < -0.3 is 5.32 Å². The van der Waals surface area contributed by atoms with Crippen LogP contribution in [0, 0.1) is 17.2 Å². The number of rotatable bonds is 5. The van der Waals surface area contributed by atoms with E-state index in [0.717, 1.165) is 38.8 Å². The molecule has 102 valence electrons. The van der Waals surface area contributed by atoms with Gasteiger partial charge in [-0.15, -0.1) is 0 Å².